The van der Waals surface area contributed by atoms with Gasteiger partial charge in [-0.3, -0.25) is 14.5 Å². The van der Waals surface area contributed by atoms with E-state index in [1.165, 1.54) is 54.7 Å². The van der Waals surface area contributed by atoms with Crippen molar-refractivity contribution in [3.8, 4) is 11.5 Å². The number of carbonyl (C=O) groups excluding carboxylic acids is 2. The Morgan fingerprint density at radius 3 is 2.50 bits per heavy atom. The quantitative estimate of drug-likeness (QED) is 0.223. The van der Waals surface area contributed by atoms with Crippen LogP contribution in [-0.2, 0) is 9.59 Å². The van der Waals surface area contributed by atoms with Crippen LogP contribution in [0.5, 0.6) is 11.5 Å². The minimum atomic E-state index is -1.07. The number of anilines is 1. The number of nitrogens with zero attached hydrogens (tertiary/aromatic N) is 2. The standard InChI is InChI=1S/C27H21FN2O5S/c1-14-7-12-18-20(13-14)36-27(29-18)30-22(17-5-4-6-19(34-2)25(17)35-3)21(24(32)26(30)33)23(31)15-8-10-16(28)11-9-15/h4-13,22,31H,1-3H3/b23-21+/t22-/m0/s1. The van der Waals surface area contributed by atoms with Crippen molar-refractivity contribution in [3.63, 3.8) is 0 Å². The summed E-state index contributed by atoms with van der Waals surface area (Å²) in [5.74, 6) is -1.96. The second-order valence-corrected chi connectivity index (χ2v) is 9.24. The molecule has 0 aliphatic carbocycles. The number of Topliss-reactive ketones (excluding diaryl/α,β-unsaturated/α-hetero) is 1. The molecule has 1 atom stereocenters. The van der Waals surface area contributed by atoms with Crippen LogP contribution < -0.4 is 14.4 Å². The van der Waals surface area contributed by atoms with Crippen LogP contribution in [0.1, 0.15) is 22.7 Å². The molecular weight excluding hydrogens is 483 g/mol. The molecule has 1 aliphatic rings. The Labute approximate surface area is 210 Å². The summed E-state index contributed by atoms with van der Waals surface area (Å²) in [6.45, 7) is 1.95. The van der Waals surface area contributed by atoms with Crippen molar-refractivity contribution < 1.29 is 28.6 Å². The maximum absolute atomic E-state index is 13.5. The fraction of sp³-hybridized carbons (Fsp3) is 0.148. The van der Waals surface area contributed by atoms with Gasteiger partial charge in [0.2, 0.25) is 0 Å². The number of hydrogen-bond acceptors (Lipinski definition) is 7. The topological polar surface area (TPSA) is 89.0 Å². The Bertz CT molecular complexity index is 1540. The average molecular weight is 505 g/mol. The predicted molar refractivity (Wildman–Crippen MR) is 135 cm³/mol. The van der Waals surface area contributed by atoms with E-state index >= 15 is 0 Å². The number of halogens is 1. The number of para-hydroxylation sites is 1. The molecule has 0 spiro atoms. The van der Waals surface area contributed by atoms with Crippen LogP contribution in [0, 0.1) is 12.7 Å². The molecule has 1 fully saturated rings. The molecule has 0 unspecified atom stereocenters. The van der Waals surface area contributed by atoms with E-state index in [-0.39, 0.29) is 11.1 Å². The molecule has 0 bridgehead atoms. The Morgan fingerprint density at radius 1 is 1.06 bits per heavy atom. The van der Waals surface area contributed by atoms with E-state index in [0.29, 0.717) is 27.7 Å². The van der Waals surface area contributed by atoms with Crippen molar-refractivity contribution in [1.82, 2.24) is 4.98 Å². The van der Waals surface area contributed by atoms with Gasteiger partial charge in [-0.1, -0.05) is 29.5 Å². The molecule has 1 aliphatic heterocycles. The second kappa shape index (κ2) is 9.09. The number of amides is 1. The number of aryl methyl sites for hydroxylation is 1. The SMILES string of the molecule is COc1cccc([C@H]2/C(=C(\O)c3ccc(F)cc3)C(=O)C(=O)N2c2nc3ccc(C)cc3s2)c1OC. The summed E-state index contributed by atoms with van der Waals surface area (Å²) >= 11 is 1.26. The minimum absolute atomic E-state index is 0.159. The molecule has 0 saturated carbocycles. The van der Waals surface area contributed by atoms with Crippen LogP contribution in [0.25, 0.3) is 16.0 Å². The highest BCUT2D eigenvalue weighted by Crippen LogP contribution is 2.48. The number of carbonyl (C=O) groups is 2. The predicted octanol–water partition coefficient (Wildman–Crippen LogP) is 5.39. The Morgan fingerprint density at radius 2 is 1.81 bits per heavy atom. The minimum Gasteiger partial charge on any atom is -0.507 e. The molecule has 4 aromatic rings. The van der Waals surface area contributed by atoms with Gasteiger partial charge in [-0.05, 0) is 55.0 Å². The molecule has 182 valence electrons. The summed E-state index contributed by atoms with van der Waals surface area (Å²) in [5.41, 5.74) is 2.17. The molecule has 1 saturated heterocycles. The molecule has 1 amide bonds. The first-order chi connectivity index (χ1) is 17.3. The highest BCUT2D eigenvalue weighted by atomic mass is 32.1. The lowest BCUT2D eigenvalue weighted by Gasteiger charge is -2.25. The van der Waals surface area contributed by atoms with Gasteiger partial charge in [0, 0.05) is 11.1 Å². The summed E-state index contributed by atoms with van der Waals surface area (Å²) in [5, 5.41) is 11.5. The number of fused-ring (bicyclic) bond motifs is 1. The molecule has 0 radical (unpaired) electrons. The number of thiazole rings is 1. The van der Waals surface area contributed by atoms with Gasteiger partial charge in [-0.15, -0.1) is 0 Å². The molecule has 36 heavy (non-hydrogen) atoms. The van der Waals surface area contributed by atoms with Crippen LogP contribution in [0.4, 0.5) is 9.52 Å². The number of aliphatic hydroxyl groups excluding tert-OH is 1. The first kappa shape index (κ1) is 23.5. The number of ketones is 1. The highest BCUT2D eigenvalue weighted by Gasteiger charge is 2.49. The van der Waals surface area contributed by atoms with Crippen molar-refractivity contribution in [3.05, 3.63) is 88.7 Å². The van der Waals surface area contributed by atoms with Crippen molar-refractivity contribution in [2.75, 3.05) is 19.1 Å². The van der Waals surface area contributed by atoms with Gasteiger partial charge in [0.15, 0.2) is 16.6 Å². The number of hydrogen-bond donors (Lipinski definition) is 1. The van der Waals surface area contributed by atoms with Crippen LogP contribution in [0.3, 0.4) is 0 Å². The zero-order chi connectivity index (χ0) is 25.6. The molecule has 1 aromatic heterocycles. The lowest BCUT2D eigenvalue weighted by atomic mass is 9.94. The lowest BCUT2D eigenvalue weighted by Crippen LogP contribution is -2.29. The zero-order valence-corrected chi connectivity index (χ0v) is 20.4. The molecule has 7 nitrogen and oxygen atoms in total. The van der Waals surface area contributed by atoms with Gasteiger partial charge in [0.1, 0.15) is 17.6 Å². The first-order valence-corrected chi connectivity index (χ1v) is 11.8. The van der Waals surface area contributed by atoms with E-state index in [1.54, 1.807) is 18.2 Å². The summed E-state index contributed by atoms with van der Waals surface area (Å²) in [4.78, 5) is 32.7. The molecule has 5 rings (SSSR count). The summed E-state index contributed by atoms with van der Waals surface area (Å²) in [7, 11) is 2.93. The van der Waals surface area contributed by atoms with Gasteiger partial charge in [-0.2, -0.15) is 0 Å². The van der Waals surface area contributed by atoms with Crippen molar-refractivity contribution >= 4 is 44.1 Å². The number of ether oxygens (including phenoxy) is 2. The van der Waals surface area contributed by atoms with Gasteiger partial charge < -0.3 is 14.6 Å². The van der Waals surface area contributed by atoms with E-state index in [1.807, 2.05) is 25.1 Å². The van der Waals surface area contributed by atoms with Gasteiger partial charge in [-0.25, -0.2) is 9.37 Å². The monoisotopic (exact) mass is 504 g/mol. The maximum atomic E-state index is 13.5. The van der Waals surface area contributed by atoms with Crippen LogP contribution in [-0.4, -0.2) is 36.0 Å². The first-order valence-electron chi connectivity index (χ1n) is 11.0. The van der Waals surface area contributed by atoms with E-state index in [0.717, 1.165) is 10.3 Å². The highest BCUT2D eigenvalue weighted by molar-refractivity contribution is 7.22. The average Bonchev–Trinajstić information content (AvgIpc) is 3.40. The van der Waals surface area contributed by atoms with E-state index < -0.39 is 29.3 Å². The number of aromatic nitrogens is 1. The third-order valence-corrected chi connectivity index (χ3v) is 7.05. The normalized spacial score (nSPS) is 17.1. The summed E-state index contributed by atoms with van der Waals surface area (Å²) < 4.78 is 25.4. The van der Waals surface area contributed by atoms with Crippen LogP contribution >= 0.6 is 11.3 Å². The fourth-order valence-corrected chi connectivity index (χ4v) is 5.43. The molecule has 1 N–H and O–H groups in total. The van der Waals surface area contributed by atoms with Crippen molar-refractivity contribution in [2.24, 2.45) is 0 Å². The summed E-state index contributed by atoms with van der Waals surface area (Å²) in [6, 6.07) is 14.8. The third-order valence-electron chi connectivity index (χ3n) is 6.03. The van der Waals surface area contributed by atoms with Crippen molar-refractivity contribution in [2.45, 2.75) is 13.0 Å². The van der Waals surface area contributed by atoms with Crippen molar-refractivity contribution in [1.29, 1.82) is 0 Å². The molecule has 2 heterocycles. The van der Waals surface area contributed by atoms with E-state index in [9.17, 15) is 19.1 Å². The number of aliphatic hydroxyl groups is 1. The fourth-order valence-electron chi connectivity index (χ4n) is 4.34. The third kappa shape index (κ3) is 3.77. The Kier molecular flexibility index (Phi) is 5.93. The lowest BCUT2D eigenvalue weighted by molar-refractivity contribution is -0.132. The number of rotatable bonds is 5. The second-order valence-electron chi connectivity index (χ2n) is 8.23. The Balaban J connectivity index is 1.79. The maximum Gasteiger partial charge on any atom is 0.301 e. The number of benzene rings is 3. The zero-order valence-electron chi connectivity index (χ0n) is 19.6. The molecule has 9 heteroatoms. The van der Waals surface area contributed by atoms with Crippen LogP contribution in [0.15, 0.2) is 66.2 Å². The van der Waals surface area contributed by atoms with Gasteiger partial charge in [0.25, 0.3) is 5.78 Å². The van der Waals surface area contributed by atoms with E-state index in [2.05, 4.69) is 4.98 Å². The van der Waals surface area contributed by atoms with Gasteiger partial charge in [0.05, 0.1) is 30.0 Å². The summed E-state index contributed by atoms with van der Waals surface area (Å²) in [6.07, 6.45) is 0. The molecular formula is C27H21FN2O5S. The van der Waals surface area contributed by atoms with Crippen LogP contribution in [0.2, 0.25) is 0 Å². The van der Waals surface area contributed by atoms with E-state index in [4.69, 9.17) is 9.47 Å². The smallest absolute Gasteiger partial charge is 0.301 e. The number of methoxy groups -OCH3 is 2. The molecule has 3 aromatic carbocycles. The largest absolute Gasteiger partial charge is 0.507 e. The Hall–Kier alpha value is -4.24. The van der Waals surface area contributed by atoms with Gasteiger partial charge >= 0.3 is 5.91 Å².